The fourth-order valence-corrected chi connectivity index (χ4v) is 2.25. The van der Waals surface area contributed by atoms with Gasteiger partial charge in [-0.2, -0.15) is 0 Å². The molecular formula is C20H24N2O2. The Bertz CT molecular complexity index is 677. The number of benzene rings is 2. The van der Waals surface area contributed by atoms with E-state index < -0.39 is 0 Å². The Morgan fingerprint density at radius 2 is 1.67 bits per heavy atom. The molecule has 4 heteroatoms. The van der Waals surface area contributed by atoms with Crippen LogP contribution in [0.2, 0.25) is 0 Å². The molecule has 2 aromatic rings. The molecule has 2 rings (SSSR count). The smallest absolute Gasteiger partial charge is 0.222 e. The molecule has 2 N–H and O–H groups in total. The van der Waals surface area contributed by atoms with Gasteiger partial charge in [-0.05, 0) is 30.7 Å². The molecule has 0 aliphatic carbocycles. The summed E-state index contributed by atoms with van der Waals surface area (Å²) in [5.41, 5.74) is 2.89. The van der Waals surface area contributed by atoms with Crippen LogP contribution in [0.5, 0.6) is 5.75 Å². The molecule has 24 heavy (non-hydrogen) atoms. The number of phenols is 1. The van der Waals surface area contributed by atoms with E-state index >= 15 is 0 Å². The van der Waals surface area contributed by atoms with Gasteiger partial charge in [0.2, 0.25) is 5.91 Å². The molecule has 4 nitrogen and oxygen atoms in total. The number of carbonyl (C=O) groups excluding carboxylic acids is 1. The third kappa shape index (κ3) is 5.23. The predicted molar refractivity (Wildman–Crippen MR) is 97.5 cm³/mol. The van der Waals surface area contributed by atoms with E-state index in [0.29, 0.717) is 13.1 Å². The number of carbonyl (C=O) groups is 1. The summed E-state index contributed by atoms with van der Waals surface area (Å²) in [5, 5.41) is 12.4. The number of phenolic OH excluding ortho intramolecular Hbond substituents is 1. The van der Waals surface area contributed by atoms with Gasteiger partial charge in [0.15, 0.2) is 0 Å². The lowest BCUT2D eigenvalue weighted by molar-refractivity contribution is -0.123. The number of aromatic hydroxyl groups is 1. The Morgan fingerprint density at radius 3 is 2.29 bits per heavy atom. The second-order valence-electron chi connectivity index (χ2n) is 5.94. The average molecular weight is 324 g/mol. The van der Waals surface area contributed by atoms with Crippen molar-refractivity contribution in [2.24, 2.45) is 10.9 Å². The second kappa shape index (κ2) is 8.87. The van der Waals surface area contributed by atoms with Crippen molar-refractivity contribution >= 4 is 11.6 Å². The van der Waals surface area contributed by atoms with E-state index in [0.717, 1.165) is 23.3 Å². The molecule has 0 aromatic heterocycles. The summed E-state index contributed by atoms with van der Waals surface area (Å²) >= 11 is 0. The van der Waals surface area contributed by atoms with Crippen molar-refractivity contribution in [3.63, 3.8) is 0 Å². The molecule has 0 bridgehead atoms. The summed E-state index contributed by atoms with van der Waals surface area (Å²) < 4.78 is 0. The summed E-state index contributed by atoms with van der Waals surface area (Å²) in [5.74, 6) is 0.314. The Labute approximate surface area is 143 Å². The van der Waals surface area contributed by atoms with Crippen molar-refractivity contribution in [1.82, 2.24) is 5.32 Å². The standard InChI is InChI=1S/C20H24N2O2/c1-15(2)20(24)22-14-6-13-21-19(16-7-4-3-5-8-16)17-9-11-18(23)12-10-17/h3-5,7-12,15,23H,6,13-14H2,1-2H3,(H,22,24)/b21-19-. The Balaban J connectivity index is 2.06. The van der Waals surface area contributed by atoms with Crippen LogP contribution < -0.4 is 5.32 Å². The lowest BCUT2D eigenvalue weighted by Gasteiger charge is -2.09. The van der Waals surface area contributed by atoms with Gasteiger partial charge in [-0.3, -0.25) is 9.79 Å². The van der Waals surface area contributed by atoms with Crippen molar-refractivity contribution in [2.75, 3.05) is 13.1 Å². The van der Waals surface area contributed by atoms with Crippen LogP contribution in [0.15, 0.2) is 59.6 Å². The van der Waals surface area contributed by atoms with Crippen LogP contribution in [0.3, 0.4) is 0 Å². The number of nitrogens with zero attached hydrogens (tertiary/aromatic N) is 1. The third-order valence-corrected chi connectivity index (χ3v) is 3.62. The van der Waals surface area contributed by atoms with Gasteiger partial charge in [0.25, 0.3) is 0 Å². The van der Waals surface area contributed by atoms with Crippen LogP contribution in [0.1, 0.15) is 31.4 Å². The first-order valence-electron chi connectivity index (χ1n) is 8.25. The topological polar surface area (TPSA) is 61.7 Å². The summed E-state index contributed by atoms with van der Waals surface area (Å²) in [4.78, 5) is 16.3. The maximum Gasteiger partial charge on any atom is 0.222 e. The first-order chi connectivity index (χ1) is 11.6. The number of rotatable bonds is 7. The first-order valence-corrected chi connectivity index (χ1v) is 8.25. The number of hydrogen-bond donors (Lipinski definition) is 2. The third-order valence-electron chi connectivity index (χ3n) is 3.62. The van der Waals surface area contributed by atoms with Crippen molar-refractivity contribution in [1.29, 1.82) is 0 Å². The molecule has 1 amide bonds. The Hall–Kier alpha value is -2.62. The highest BCUT2D eigenvalue weighted by Gasteiger charge is 2.07. The maximum absolute atomic E-state index is 11.5. The first kappa shape index (κ1) is 17.7. The van der Waals surface area contributed by atoms with Gasteiger partial charge < -0.3 is 10.4 Å². The number of hydrogen-bond acceptors (Lipinski definition) is 3. The molecule has 0 heterocycles. The Morgan fingerprint density at radius 1 is 1.04 bits per heavy atom. The predicted octanol–water partition coefficient (Wildman–Crippen LogP) is 3.39. The average Bonchev–Trinajstić information content (AvgIpc) is 2.59. The van der Waals surface area contributed by atoms with Gasteiger partial charge in [-0.15, -0.1) is 0 Å². The minimum Gasteiger partial charge on any atom is -0.508 e. The number of nitrogens with one attached hydrogen (secondary N) is 1. The normalized spacial score (nSPS) is 11.5. The van der Waals surface area contributed by atoms with E-state index in [1.165, 1.54) is 0 Å². The van der Waals surface area contributed by atoms with Gasteiger partial charge >= 0.3 is 0 Å². The second-order valence-corrected chi connectivity index (χ2v) is 5.94. The fraction of sp³-hybridized carbons (Fsp3) is 0.300. The minimum absolute atomic E-state index is 0.00498. The van der Waals surface area contributed by atoms with Gasteiger partial charge in [-0.1, -0.05) is 44.2 Å². The lowest BCUT2D eigenvalue weighted by atomic mass is 10.0. The SMILES string of the molecule is CC(C)C(=O)NCCC/N=C(/c1ccccc1)c1ccc(O)cc1. The maximum atomic E-state index is 11.5. The van der Waals surface area contributed by atoms with Crippen molar-refractivity contribution in [3.8, 4) is 5.75 Å². The van der Waals surface area contributed by atoms with Crippen molar-refractivity contribution in [3.05, 3.63) is 65.7 Å². The van der Waals surface area contributed by atoms with E-state index in [-0.39, 0.29) is 17.6 Å². The monoisotopic (exact) mass is 324 g/mol. The summed E-state index contributed by atoms with van der Waals surface area (Å²) in [6.45, 7) is 5.01. The van der Waals surface area contributed by atoms with Gasteiger partial charge in [0.1, 0.15) is 5.75 Å². The number of amides is 1. The fourth-order valence-electron chi connectivity index (χ4n) is 2.25. The molecule has 0 saturated heterocycles. The molecule has 0 fully saturated rings. The molecule has 0 unspecified atom stereocenters. The van der Waals surface area contributed by atoms with Crippen LogP contribution >= 0.6 is 0 Å². The molecule has 0 spiro atoms. The van der Waals surface area contributed by atoms with Crippen LogP contribution in [0.4, 0.5) is 0 Å². The zero-order valence-corrected chi connectivity index (χ0v) is 14.2. The van der Waals surface area contributed by atoms with Gasteiger partial charge in [0.05, 0.1) is 5.71 Å². The highest BCUT2D eigenvalue weighted by Crippen LogP contribution is 2.15. The van der Waals surface area contributed by atoms with Crippen LogP contribution in [-0.2, 0) is 4.79 Å². The highest BCUT2D eigenvalue weighted by molar-refractivity contribution is 6.12. The zero-order chi connectivity index (χ0) is 17.4. The van der Waals surface area contributed by atoms with E-state index in [1.807, 2.05) is 56.3 Å². The molecular weight excluding hydrogens is 300 g/mol. The molecule has 0 radical (unpaired) electrons. The van der Waals surface area contributed by atoms with E-state index in [9.17, 15) is 9.90 Å². The summed E-state index contributed by atoms with van der Waals surface area (Å²) in [7, 11) is 0. The van der Waals surface area contributed by atoms with Crippen LogP contribution in [0, 0.1) is 5.92 Å². The van der Waals surface area contributed by atoms with E-state index in [1.54, 1.807) is 12.1 Å². The highest BCUT2D eigenvalue weighted by atomic mass is 16.3. The van der Waals surface area contributed by atoms with Crippen LogP contribution in [0.25, 0.3) is 0 Å². The zero-order valence-electron chi connectivity index (χ0n) is 14.2. The van der Waals surface area contributed by atoms with E-state index in [4.69, 9.17) is 4.99 Å². The van der Waals surface area contributed by atoms with Crippen LogP contribution in [-0.4, -0.2) is 29.8 Å². The summed E-state index contributed by atoms with van der Waals surface area (Å²) in [6, 6.07) is 17.0. The Kier molecular flexibility index (Phi) is 6.55. The lowest BCUT2D eigenvalue weighted by Crippen LogP contribution is -2.28. The van der Waals surface area contributed by atoms with Crippen molar-refractivity contribution < 1.29 is 9.90 Å². The summed E-state index contributed by atoms with van der Waals surface area (Å²) in [6.07, 6.45) is 0.785. The molecule has 0 saturated carbocycles. The van der Waals surface area contributed by atoms with Gasteiger partial charge in [0, 0.05) is 30.1 Å². The molecule has 2 aromatic carbocycles. The van der Waals surface area contributed by atoms with Crippen molar-refractivity contribution in [2.45, 2.75) is 20.3 Å². The number of aliphatic imine (C=N–C) groups is 1. The molecule has 0 aliphatic heterocycles. The quantitative estimate of drug-likeness (QED) is 0.606. The molecule has 0 atom stereocenters. The molecule has 0 aliphatic rings. The van der Waals surface area contributed by atoms with Gasteiger partial charge in [-0.25, -0.2) is 0 Å². The molecule has 126 valence electrons. The van der Waals surface area contributed by atoms with E-state index in [2.05, 4.69) is 5.32 Å². The minimum atomic E-state index is 0.00498. The largest absolute Gasteiger partial charge is 0.508 e.